The second-order valence-corrected chi connectivity index (χ2v) is 4.58. The molecule has 106 valence electrons. The fourth-order valence-electron chi connectivity index (χ4n) is 2.10. The fourth-order valence-corrected chi connectivity index (χ4v) is 2.10. The lowest BCUT2D eigenvalue weighted by molar-refractivity contribution is 0.395. The molecule has 2 rings (SSSR count). The summed E-state index contributed by atoms with van der Waals surface area (Å²) >= 11 is 0. The highest BCUT2D eigenvalue weighted by molar-refractivity contribution is 5.59. The van der Waals surface area contributed by atoms with Gasteiger partial charge in [-0.3, -0.25) is 0 Å². The van der Waals surface area contributed by atoms with Crippen LogP contribution in [-0.2, 0) is 6.42 Å². The molecule has 0 fully saturated rings. The van der Waals surface area contributed by atoms with Crippen LogP contribution in [0.3, 0.4) is 0 Å². The molecule has 0 saturated heterocycles. The molecule has 0 amide bonds. The third kappa shape index (κ3) is 3.92. The summed E-state index contributed by atoms with van der Waals surface area (Å²) < 4.78 is 10.5. The number of hydrogen-bond acceptors (Lipinski definition) is 3. The Morgan fingerprint density at radius 1 is 0.950 bits per heavy atom. The predicted molar refractivity (Wildman–Crippen MR) is 82.8 cm³/mol. The highest BCUT2D eigenvalue weighted by Gasteiger charge is 2.04. The molecule has 20 heavy (non-hydrogen) atoms. The molecule has 3 nitrogen and oxygen atoms in total. The van der Waals surface area contributed by atoms with Gasteiger partial charge in [0.05, 0.1) is 19.9 Å². The topological polar surface area (TPSA) is 30.5 Å². The van der Waals surface area contributed by atoms with Crippen molar-refractivity contribution in [2.75, 3.05) is 26.1 Å². The fraction of sp³-hybridized carbons (Fsp3) is 0.294. The van der Waals surface area contributed by atoms with Crippen LogP contribution >= 0.6 is 0 Å². The van der Waals surface area contributed by atoms with Crippen molar-refractivity contribution in [3.63, 3.8) is 0 Å². The normalized spacial score (nSPS) is 10.1. The molecule has 0 spiro atoms. The van der Waals surface area contributed by atoms with Gasteiger partial charge in [-0.15, -0.1) is 0 Å². The van der Waals surface area contributed by atoms with Gasteiger partial charge in [0.2, 0.25) is 0 Å². The minimum atomic E-state index is 0.802. The van der Waals surface area contributed by atoms with E-state index in [4.69, 9.17) is 9.47 Å². The van der Waals surface area contributed by atoms with Gasteiger partial charge in [0.1, 0.15) is 11.5 Å². The minimum absolute atomic E-state index is 0.802. The summed E-state index contributed by atoms with van der Waals surface area (Å²) in [5.41, 5.74) is 2.37. The van der Waals surface area contributed by atoms with Crippen LogP contribution in [0.2, 0.25) is 0 Å². The quantitative estimate of drug-likeness (QED) is 0.778. The molecule has 0 aliphatic rings. The van der Waals surface area contributed by atoms with Crippen molar-refractivity contribution < 1.29 is 9.47 Å². The Hall–Kier alpha value is -2.16. The first-order valence-corrected chi connectivity index (χ1v) is 6.83. The average Bonchev–Trinajstić information content (AvgIpc) is 2.52. The average molecular weight is 271 g/mol. The highest BCUT2D eigenvalue weighted by atomic mass is 16.5. The minimum Gasteiger partial charge on any atom is -0.497 e. The lowest BCUT2D eigenvalue weighted by Gasteiger charge is -2.12. The third-order valence-electron chi connectivity index (χ3n) is 3.21. The second kappa shape index (κ2) is 7.43. The van der Waals surface area contributed by atoms with Gasteiger partial charge in [-0.05, 0) is 30.5 Å². The monoisotopic (exact) mass is 271 g/mol. The van der Waals surface area contributed by atoms with Gasteiger partial charge in [-0.1, -0.05) is 30.3 Å². The van der Waals surface area contributed by atoms with E-state index in [1.807, 2.05) is 24.3 Å². The summed E-state index contributed by atoms with van der Waals surface area (Å²) in [5.74, 6) is 1.61. The zero-order valence-electron chi connectivity index (χ0n) is 12.1. The molecule has 0 bridgehead atoms. The van der Waals surface area contributed by atoms with Crippen molar-refractivity contribution in [2.24, 2.45) is 0 Å². The van der Waals surface area contributed by atoms with Crippen LogP contribution in [0, 0.1) is 0 Å². The smallest absolute Gasteiger partial charge is 0.145 e. The van der Waals surface area contributed by atoms with E-state index in [1.54, 1.807) is 14.2 Å². The van der Waals surface area contributed by atoms with Gasteiger partial charge in [0.15, 0.2) is 0 Å². The largest absolute Gasteiger partial charge is 0.497 e. The Morgan fingerprint density at radius 3 is 2.45 bits per heavy atom. The molecule has 0 aliphatic heterocycles. The van der Waals surface area contributed by atoms with E-state index in [0.29, 0.717) is 0 Å². The van der Waals surface area contributed by atoms with Crippen LogP contribution in [0.25, 0.3) is 0 Å². The summed E-state index contributed by atoms with van der Waals surface area (Å²) in [6.07, 6.45) is 2.16. The number of rotatable bonds is 7. The SMILES string of the molecule is COc1ccc(NCCCc2ccccc2)c(OC)c1. The first-order valence-electron chi connectivity index (χ1n) is 6.83. The number of benzene rings is 2. The van der Waals surface area contributed by atoms with Crippen molar-refractivity contribution in [3.05, 3.63) is 54.1 Å². The van der Waals surface area contributed by atoms with E-state index in [9.17, 15) is 0 Å². The van der Waals surface area contributed by atoms with Gasteiger partial charge in [-0.2, -0.15) is 0 Å². The Kier molecular flexibility index (Phi) is 5.30. The van der Waals surface area contributed by atoms with Crippen molar-refractivity contribution >= 4 is 5.69 Å². The number of methoxy groups -OCH3 is 2. The molecule has 0 radical (unpaired) electrons. The van der Waals surface area contributed by atoms with Gasteiger partial charge < -0.3 is 14.8 Å². The van der Waals surface area contributed by atoms with E-state index in [2.05, 4.69) is 29.6 Å². The van der Waals surface area contributed by atoms with E-state index >= 15 is 0 Å². The number of nitrogens with one attached hydrogen (secondary N) is 1. The molecule has 2 aromatic carbocycles. The zero-order chi connectivity index (χ0) is 14.2. The summed E-state index contributed by atoms with van der Waals surface area (Å²) in [6.45, 7) is 0.914. The van der Waals surface area contributed by atoms with Crippen molar-refractivity contribution in [1.82, 2.24) is 0 Å². The van der Waals surface area contributed by atoms with E-state index in [0.717, 1.165) is 36.6 Å². The highest BCUT2D eigenvalue weighted by Crippen LogP contribution is 2.28. The lowest BCUT2D eigenvalue weighted by Crippen LogP contribution is -2.04. The van der Waals surface area contributed by atoms with Crippen LogP contribution < -0.4 is 14.8 Å². The predicted octanol–water partition coefficient (Wildman–Crippen LogP) is 3.75. The third-order valence-corrected chi connectivity index (χ3v) is 3.21. The maximum absolute atomic E-state index is 5.36. The molecular formula is C17H21NO2. The van der Waals surface area contributed by atoms with E-state index in [1.165, 1.54) is 5.56 Å². The van der Waals surface area contributed by atoms with Gasteiger partial charge >= 0.3 is 0 Å². The zero-order valence-corrected chi connectivity index (χ0v) is 12.1. The first kappa shape index (κ1) is 14.3. The number of aryl methyl sites for hydroxylation is 1. The second-order valence-electron chi connectivity index (χ2n) is 4.58. The van der Waals surface area contributed by atoms with Crippen molar-refractivity contribution in [2.45, 2.75) is 12.8 Å². The van der Waals surface area contributed by atoms with Crippen LogP contribution in [-0.4, -0.2) is 20.8 Å². The van der Waals surface area contributed by atoms with Gasteiger partial charge in [0, 0.05) is 12.6 Å². The first-order chi connectivity index (χ1) is 9.83. The molecule has 0 heterocycles. The molecule has 0 aliphatic carbocycles. The Labute approximate surface area is 120 Å². The summed E-state index contributed by atoms with van der Waals surface area (Å²) in [7, 11) is 3.33. The maximum Gasteiger partial charge on any atom is 0.145 e. The molecule has 1 N–H and O–H groups in total. The molecule has 0 atom stereocenters. The number of hydrogen-bond donors (Lipinski definition) is 1. The maximum atomic E-state index is 5.36. The van der Waals surface area contributed by atoms with Crippen LogP contribution in [0.1, 0.15) is 12.0 Å². The van der Waals surface area contributed by atoms with E-state index in [-0.39, 0.29) is 0 Å². The van der Waals surface area contributed by atoms with Gasteiger partial charge in [-0.25, -0.2) is 0 Å². The number of anilines is 1. The molecule has 0 unspecified atom stereocenters. The van der Waals surface area contributed by atoms with Crippen LogP contribution in [0.4, 0.5) is 5.69 Å². The Bertz CT molecular complexity index is 526. The summed E-state index contributed by atoms with van der Waals surface area (Å²) in [6, 6.07) is 16.3. The van der Waals surface area contributed by atoms with E-state index < -0.39 is 0 Å². The number of ether oxygens (including phenoxy) is 2. The van der Waals surface area contributed by atoms with Crippen molar-refractivity contribution in [3.8, 4) is 11.5 Å². The van der Waals surface area contributed by atoms with Gasteiger partial charge in [0.25, 0.3) is 0 Å². The molecule has 2 aromatic rings. The molecule has 0 aromatic heterocycles. The standard InChI is InChI=1S/C17H21NO2/c1-19-15-10-11-16(17(13-15)20-2)18-12-6-9-14-7-4-3-5-8-14/h3-5,7-8,10-11,13,18H,6,9,12H2,1-2H3. The lowest BCUT2D eigenvalue weighted by atomic mass is 10.1. The molecule has 3 heteroatoms. The van der Waals surface area contributed by atoms with Crippen LogP contribution in [0.15, 0.2) is 48.5 Å². The molecule has 0 saturated carbocycles. The summed E-state index contributed by atoms with van der Waals surface area (Å²) in [4.78, 5) is 0. The Balaban J connectivity index is 1.85. The summed E-state index contributed by atoms with van der Waals surface area (Å²) in [5, 5.41) is 3.41. The molecular weight excluding hydrogens is 250 g/mol. The van der Waals surface area contributed by atoms with Crippen molar-refractivity contribution in [1.29, 1.82) is 0 Å². The Morgan fingerprint density at radius 2 is 1.75 bits per heavy atom. The van der Waals surface area contributed by atoms with Crippen LogP contribution in [0.5, 0.6) is 11.5 Å².